The summed E-state index contributed by atoms with van der Waals surface area (Å²) in [6.07, 6.45) is 1.18. The average molecular weight is 359 g/mol. The topological polar surface area (TPSA) is 109 Å². The van der Waals surface area contributed by atoms with Gasteiger partial charge in [0, 0.05) is 12.1 Å². The van der Waals surface area contributed by atoms with Crippen molar-refractivity contribution in [3.63, 3.8) is 0 Å². The van der Waals surface area contributed by atoms with Crippen molar-refractivity contribution < 1.29 is 24.0 Å². The van der Waals surface area contributed by atoms with Crippen LogP contribution < -0.4 is 5.46 Å². The zero-order valence-corrected chi connectivity index (χ0v) is 15.0. The number of hydrogen-bond donors (Lipinski definition) is 2. The standard InChI is InChI=1S/C17H22BN3O5/c1-17(2,3)26-16(22)21-10-4-5-13(21)15-20-19-14(25-15)11-6-8-12(9-7-11)18(23)24/h6-9,13,23-24H,4-5,10H2,1-3H3/t13-/m1/s1. The first kappa shape index (κ1) is 18.4. The number of likely N-dealkylation sites (tertiary alicyclic amines) is 1. The molecule has 1 fully saturated rings. The zero-order chi connectivity index (χ0) is 18.9. The Bertz CT molecular complexity index is 769. The highest BCUT2D eigenvalue weighted by Crippen LogP contribution is 2.33. The van der Waals surface area contributed by atoms with Crippen molar-refractivity contribution in [1.82, 2.24) is 15.1 Å². The van der Waals surface area contributed by atoms with E-state index >= 15 is 0 Å². The molecule has 0 aliphatic carbocycles. The van der Waals surface area contributed by atoms with Crippen molar-refractivity contribution in [3.05, 3.63) is 30.2 Å². The Morgan fingerprint density at radius 3 is 2.58 bits per heavy atom. The Balaban J connectivity index is 1.77. The lowest BCUT2D eigenvalue weighted by Crippen LogP contribution is -2.36. The van der Waals surface area contributed by atoms with E-state index in [1.165, 1.54) is 0 Å². The molecule has 3 rings (SSSR count). The Labute approximate surface area is 151 Å². The van der Waals surface area contributed by atoms with Gasteiger partial charge in [-0.1, -0.05) is 12.1 Å². The lowest BCUT2D eigenvalue weighted by Gasteiger charge is -2.27. The van der Waals surface area contributed by atoms with Gasteiger partial charge in [-0.3, -0.25) is 4.90 Å². The summed E-state index contributed by atoms with van der Waals surface area (Å²) in [7, 11) is -1.52. The lowest BCUT2D eigenvalue weighted by molar-refractivity contribution is 0.0204. The highest BCUT2D eigenvalue weighted by Gasteiger charge is 2.36. The summed E-state index contributed by atoms with van der Waals surface area (Å²) in [5, 5.41) is 26.4. The van der Waals surface area contributed by atoms with Crippen LogP contribution >= 0.6 is 0 Å². The Kier molecular flexibility index (Phi) is 5.02. The highest BCUT2D eigenvalue weighted by molar-refractivity contribution is 6.58. The summed E-state index contributed by atoms with van der Waals surface area (Å²) in [5.41, 5.74) is 0.471. The van der Waals surface area contributed by atoms with Crippen LogP contribution in [0.4, 0.5) is 4.79 Å². The first-order valence-corrected chi connectivity index (χ1v) is 8.54. The molecule has 9 heteroatoms. The van der Waals surface area contributed by atoms with Crippen molar-refractivity contribution in [2.45, 2.75) is 45.3 Å². The lowest BCUT2D eigenvalue weighted by atomic mass is 9.80. The maximum absolute atomic E-state index is 12.4. The summed E-state index contributed by atoms with van der Waals surface area (Å²) < 4.78 is 11.2. The molecule has 0 unspecified atom stereocenters. The van der Waals surface area contributed by atoms with Crippen LogP contribution in [0, 0.1) is 0 Å². The number of nitrogens with zero attached hydrogens (tertiary/aromatic N) is 3. The number of benzene rings is 1. The van der Waals surface area contributed by atoms with Crippen molar-refractivity contribution in [3.8, 4) is 11.5 Å². The van der Waals surface area contributed by atoms with Gasteiger partial charge in [0.15, 0.2) is 0 Å². The fourth-order valence-corrected chi connectivity index (χ4v) is 2.85. The SMILES string of the molecule is CC(C)(C)OC(=O)N1CCC[C@@H]1c1nnc(-c2ccc(B(O)O)cc2)o1. The summed E-state index contributed by atoms with van der Waals surface area (Å²) >= 11 is 0. The van der Waals surface area contributed by atoms with E-state index in [4.69, 9.17) is 19.2 Å². The monoisotopic (exact) mass is 359 g/mol. The van der Waals surface area contributed by atoms with E-state index < -0.39 is 12.7 Å². The molecule has 1 aliphatic rings. The minimum absolute atomic E-state index is 0.301. The Morgan fingerprint density at radius 1 is 1.27 bits per heavy atom. The van der Waals surface area contributed by atoms with Crippen LogP contribution in [0.1, 0.15) is 45.5 Å². The molecule has 1 aliphatic heterocycles. The van der Waals surface area contributed by atoms with Gasteiger partial charge in [-0.25, -0.2) is 4.79 Å². The molecular formula is C17H22BN3O5. The molecule has 0 bridgehead atoms. The molecule has 1 atom stereocenters. The van der Waals surface area contributed by atoms with Crippen LogP contribution in [0.5, 0.6) is 0 Å². The van der Waals surface area contributed by atoms with E-state index in [2.05, 4.69) is 10.2 Å². The number of carbonyl (C=O) groups excluding carboxylic acids is 1. The molecule has 1 aromatic heterocycles. The van der Waals surface area contributed by atoms with Crippen LogP contribution in [-0.4, -0.2) is 50.5 Å². The molecule has 2 aromatic rings. The van der Waals surface area contributed by atoms with Gasteiger partial charge < -0.3 is 19.2 Å². The molecule has 1 amide bonds. The molecule has 0 spiro atoms. The van der Waals surface area contributed by atoms with E-state index in [1.54, 1.807) is 29.2 Å². The second-order valence-electron chi connectivity index (χ2n) is 7.27. The molecule has 0 radical (unpaired) electrons. The third-order valence-corrected chi connectivity index (χ3v) is 4.06. The second-order valence-corrected chi connectivity index (χ2v) is 7.27. The Morgan fingerprint density at radius 2 is 1.96 bits per heavy atom. The first-order chi connectivity index (χ1) is 12.2. The summed E-state index contributed by atoms with van der Waals surface area (Å²) in [4.78, 5) is 14.0. The van der Waals surface area contributed by atoms with Gasteiger partial charge in [-0.15, -0.1) is 10.2 Å². The van der Waals surface area contributed by atoms with E-state index in [0.717, 1.165) is 12.8 Å². The van der Waals surface area contributed by atoms with Crippen molar-refractivity contribution in [2.24, 2.45) is 0 Å². The minimum atomic E-state index is -1.52. The van der Waals surface area contributed by atoms with Crippen molar-refractivity contribution in [2.75, 3.05) is 6.54 Å². The molecular weight excluding hydrogens is 337 g/mol. The van der Waals surface area contributed by atoms with Crippen LogP contribution in [0.2, 0.25) is 0 Å². The molecule has 2 heterocycles. The summed E-state index contributed by atoms with van der Waals surface area (Å²) in [6.45, 7) is 6.07. The minimum Gasteiger partial charge on any atom is -0.444 e. The van der Waals surface area contributed by atoms with Gasteiger partial charge in [0.1, 0.15) is 11.6 Å². The van der Waals surface area contributed by atoms with Gasteiger partial charge in [0.2, 0.25) is 11.8 Å². The van der Waals surface area contributed by atoms with Crippen LogP contribution in [-0.2, 0) is 4.74 Å². The smallest absolute Gasteiger partial charge is 0.444 e. The fraction of sp³-hybridized carbons (Fsp3) is 0.471. The summed E-state index contributed by atoms with van der Waals surface area (Å²) in [6, 6.07) is 6.20. The fourth-order valence-electron chi connectivity index (χ4n) is 2.85. The van der Waals surface area contributed by atoms with Crippen molar-refractivity contribution >= 4 is 18.7 Å². The number of hydrogen-bond acceptors (Lipinski definition) is 7. The molecule has 2 N–H and O–H groups in total. The number of aromatic nitrogens is 2. The van der Waals surface area contributed by atoms with Gasteiger partial charge in [-0.2, -0.15) is 0 Å². The molecule has 26 heavy (non-hydrogen) atoms. The second kappa shape index (κ2) is 7.09. The third-order valence-electron chi connectivity index (χ3n) is 4.06. The molecule has 8 nitrogen and oxygen atoms in total. The molecule has 0 saturated carbocycles. The highest BCUT2D eigenvalue weighted by atomic mass is 16.6. The largest absolute Gasteiger partial charge is 0.488 e. The van der Waals surface area contributed by atoms with E-state index in [9.17, 15) is 4.79 Å². The van der Waals surface area contributed by atoms with E-state index in [0.29, 0.717) is 29.4 Å². The third kappa shape index (κ3) is 4.05. The van der Waals surface area contributed by atoms with Gasteiger partial charge >= 0.3 is 13.2 Å². The zero-order valence-electron chi connectivity index (χ0n) is 15.0. The van der Waals surface area contributed by atoms with Crippen LogP contribution in [0.15, 0.2) is 28.7 Å². The van der Waals surface area contributed by atoms with Crippen molar-refractivity contribution in [1.29, 1.82) is 0 Å². The predicted molar refractivity (Wildman–Crippen MR) is 94.5 cm³/mol. The molecule has 138 valence electrons. The van der Waals surface area contributed by atoms with Crippen LogP contribution in [0.3, 0.4) is 0 Å². The number of rotatable bonds is 3. The summed E-state index contributed by atoms with van der Waals surface area (Å²) in [5.74, 6) is 0.685. The quantitative estimate of drug-likeness (QED) is 0.799. The average Bonchev–Trinajstić information content (AvgIpc) is 3.22. The number of amides is 1. The number of ether oxygens (including phenoxy) is 1. The molecule has 1 aromatic carbocycles. The normalized spacial score (nSPS) is 17.4. The number of carbonyl (C=O) groups is 1. The van der Waals surface area contributed by atoms with Crippen LogP contribution in [0.25, 0.3) is 11.5 Å². The molecule has 1 saturated heterocycles. The first-order valence-electron chi connectivity index (χ1n) is 8.54. The maximum Gasteiger partial charge on any atom is 0.488 e. The van der Waals surface area contributed by atoms with Gasteiger partial charge in [0.25, 0.3) is 0 Å². The van der Waals surface area contributed by atoms with Gasteiger partial charge in [0.05, 0.1) is 0 Å². The van der Waals surface area contributed by atoms with Gasteiger partial charge in [-0.05, 0) is 51.2 Å². The maximum atomic E-state index is 12.4. The van der Waals surface area contributed by atoms with E-state index in [1.807, 2.05) is 20.8 Å². The predicted octanol–water partition coefficient (Wildman–Crippen LogP) is 1.49. The van der Waals surface area contributed by atoms with E-state index in [-0.39, 0.29) is 12.1 Å². The Hall–Kier alpha value is -2.39.